The zero-order chi connectivity index (χ0) is 6.95. The molecule has 0 atom stereocenters. The van der Waals surface area contributed by atoms with Gasteiger partial charge < -0.3 is 13.8 Å². The molecule has 0 radical (unpaired) electrons. The minimum Gasteiger partial charge on any atom is -0.381 e. The van der Waals surface area contributed by atoms with Crippen LogP contribution in [-0.2, 0) is 4.74 Å². The van der Waals surface area contributed by atoms with Crippen molar-refractivity contribution < 1.29 is 4.74 Å². The Kier molecular flexibility index (Phi) is 9.13. The average molecular weight is 157 g/mol. The molecule has 3 heteroatoms. The Hall–Kier alpha value is 0.576. The van der Waals surface area contributed by atoms with E-state index in [2.05, 4.69) is 4.05 Å². The number of ether oxygens (including phenoxy) is 1. The van der Waals surface area contributed by atoms with Gasteiger partial charge in [-0.15, -0.1) is 0 Å². The Balaban J connectivity index is 0.000000148. The Morgan fingerprint density at radius 3 is 2.00 bits per heavy atom. The molecule has 1 nitrogen and oxygen atoms in total. The Bertz CT molecular complexity index is 77.9. The van der Waals surface area contributed by atoms with Gasteiger partial charge in [0.15, 0.2) is 0 Å². The highest BCUT2D eigenvalue weighted by Crippen LogP contribution is 1.98. The largest absolute Gasteiger partial charge is 0.598 e. The lowest BCUT2D eigenvalue weighted by Crippen LogP contribution is -1.74. The Morgan fingerprint density at radius 1 is 1.44 bits per heavy atom. The van der Waals surface area contributed by atoms with Crippen molar-refractivity contribution in [3.05, 3.63) is 0 Å². The van der Waals surface area contributed by atoms with E-state index in [0.29, 0.717) is 0 Å². The van der Waals surface area contributed by atoms with E-state index in [1.807, 2.05) is 0 Å². The van der Waals surface area contributed by atoms with Crippen LogP contribution in [0.5, 0.6) is 0 Å². The fourth-order valence-corrected chi connectivity index (χ4v) is 0.510. The van der Waals surface area contributed by atoms with Gasteiger partial charge in [0.1, 0.15) is 0 Å². The SMILES string of the molecule is C#[C][Mg][Cl].C1CCOC1. The first-order chi connectivity index (χ1) is 4.41. The summed E-state index contributed by atoms with van der Waals surface area (Å²) in [4.78, 5) is 0. The summed E-state index contributed by atoms with van der Waals surface area (Å²) in [5.74, 6) is 0. The molecule has 0 N–H and O–H groups in total. The standard InChI is InChI=1S/C4H8O.C2H.ClH.Mg/c1-2-4-5-3-1;1-2;;/h1-4H2;1H;1H;/q;;;+1/p-1. The van der Waals surface area contributed by atoms with E-state index < -0.39 is 19.3 Å². The second-order valence-corrected chi connectivity index (χ2v) is 3.13. The first-order valence-corrected chi connectivity index (χ1v) is 5.83. The van der Waals surface area contributed by atoms with Crippen molar-refractivity contribution in [2.24, 2.45) is 0 Å². The van der Waals surface area contributed by atoms with Crippen LogP contribution in [0.3, 0.4) is 0 Å². The van der Waals surface area contributed by atoms with Crippen molar-refractivity contribution in [1.82, 2.24) is 0 Å². The third kappa shape index (κ3) is 8.58. The van der Waals surface area contributed by atoms with Crippen molar-refractivity contribution in [3.63, 3.8) is 0 Å². The topological polar surface area (TPSA) is 9.23 Å². The summed E-state index contributed by atoms with van der Waals surface area (Å²) < 4.78 is 7.28. The molecule has 0 amide bonds. The number of hydrogen-bond donors (Lipinski definition) is 0. The maximum absolute atomic E-state index is 5.09. The highest BCUT2D eigenvalue weighted by atomic mass is 35.5. The predicted molar refractivity (Wildman–Crippen MR) is 40.5 cm³/mol. The smallest absolute Gasteiger partial charge is 0.381 e. The molecule has 1 rings (SSSR count). The van der Waals surface area contributed by atoms with Gasteiger partial charge in [-0.2, -0.15) is 6.42 Å². The summed E-state index contributed by atoms with van der Waals surface area (Å²) in [5, 5.41) is 0. The molecule has 0 unspecified atom stereocenters. The normalized spacial score (nSPS) is 14.7. The van der Waals surface area contributed by atoms with E-state index in [4.69, 9.17) is 20.2 Å². The molecule has 0 bridgehead atoms. The lowest BCUT2D eigenvalue weighted by atomic mass is 10.4. The molecule has 1 heterocycles. The maximum atomic E-state index is 5.09. The van der Waals surface area contributed by atoms with Crippen molar-refractivity contribution >= 4 is 28.3 Å². The van der Waals surface area contributed by atoms with Gasteiger partial charge in [-0.25, -0.2) is 4.05 Å². The zero-order valence-corrected chi connectivity index (χ0v) is 7.57. The van der Waals surface area contributed by atoms with Crippen molar-refractivity contribution in [2.45, 2.75) is 12.8 Å². The lowest BCUT2D eigenvalue weighted by molar-refractivity contribution is 0.198. The molecule has 0 aliphatic carbocycles. The molecule has 48 valence electrons. The second kappa shape index (κ2) is 8.58. The fraction of sp³-hybridized carbons (Fsp3) is 0.667. The molecule has 1 aliphatic heterocycles. The maximum Gasteiger partial charge on any atom is 0.598 e. The Labute approximate surface area is 69.6 Å². The molecule has 9 heavy (non-hydrogen) atoms. The van der Waals surface area contributed by atoms with Gasteiger partial charge in [0, 0.05) is 13.2 Å². The van der Waals surface area contributed by atoms with E-state index in [1.165, 1.54) is 12.8 Å². The molecular formula is C6H9ClMgO. The van der Waals surface area contributed by atoms with Crippen LogP contribution in [0.1, 0.15) is 12.8 Å². The molecule has 1 aliphatic rings. The molecule has 0 spiro atoms. The number of halogens is 1. The van der Waals surface area contributed by atoms with Crippen LogP contribution in [0.25, 0.3) is 0 Å². The summed E-state index contributed by atoms with van der Waals surface area (Å²) in [6.45, 7) is 2.00. The van der Waals surface area contributed by atoms with Crippen molar-refractivity contribution in [1.29, 1.82) is 0 Å². The monoisotopic (exact) mass is 156 g/mol. The van der Waals surface area contributed by atoms with Crippen LogP contribution in [-0.4, -0.2) is 32.5 Å². The third-order valence-corrected chi connectivity index (χ3v) is 1.52. The van der Waals surface area contributed by atoms with Crippen LogP contribution in [0.4, 0.5) is 0 Å². The van der Waals surface area contributed by atoms with Gasteiger partial charge in [0.05, 0.1) is 0 Å². The van der Waals surface area contributed by atoms with Gasteiger partial charge >= 0.3 is 19.3 Å². The van der Waals surface area contributed by atoms with Gasteiger partial charge in [0.25, 0.3) is 0 Å². The molecule has 0 saturated carbocycles. The van der Waals surface area contributed by atoms with Crippen LogP contribution in [0.2, 0.25) is 0 Å². The highest BCUT2D eigenvalue weighted by Gasteiger charge is 1.94. The molecule has 1 fully saturated rings. The highest BCUT2D eigenvalue weighted by molar-refractivity contribution is 6.98. The summed E-state index contributed by atoms with van der Waals surface area (Å²) in [7, 11) is 5.09. The van der Waals surface area contributed by atoms with E-state index in [9.17, 15) is 0 Å². The molecule has 1 saturated heterocycles. The lowest BCUT2D eigenvalue weighted by Gasteiger charge is -1.76. The van der Waals surface area contributed by atoms with Gasteiger partial charge in [-0.1, -0.05) is 0 Å². The predicted octanol–water partition coefficient (Wildman–Crippen LogP) is 1.23. The summed E-state index contributed by atoms with van der Waals surface area (Å²) in [6, 6.07) is 0. The first-order valence-electron chi connectivity index (χ1n) is 2.99. The minimum atomic E-state index is -0.576. The molecular weight excluding hydrogens is 148 g/mol. The number of hydrogen-bond acceptors (Lipinski definition) is 1. The average Bonchev–Trinajstić information content (AvgIpc) is 2.43. The molecule has 0 aromatic heterocycles. The van der Waals surface area contributed by atoms with Gasteiger partial charge in [-0.05, 0) is 12.8 Å². The van der Waals surface area contributed by atoms with Crippen molar-refractivity contribution in [2.75, 3.05) is 13.2 Å². The fourth-order valence-electron chi connectivity index (χ4n) is 0.510. The van der Waals surface area contributed by atoms with Gasteiger partial charge in [-0.3, -0.25) is 0 Å². The van der Waals surface area contributed by atoms with Crippen LogP contribution in [0.15, 0.2) is 0 Å². The van der Waals surface area contributed by atoms with E-state index in [0.717, 1.165) is 13.2 Å². The number of rotatable bonds is 0. The minimum absolute atomic E-state index is 0.576. The number of terminal acetylenes is 1. The first kappa shape index (κ1) is 9.58. The van der Waals surface area contributed by atoms with Gasteiger partial charge in [0.2, 0.25) is 0 Å². The second-order valence-electron chi connectivity index (χ2n) is 1.66. The third-order valence-electron chi connectivity index (χ3n) is 0.905. The molecule has 0 aromatic carbocycles. The summed E-state index contributed by atoms with van der Waals surface area (Å²) >= 11 is -0.576. The van der Waals surface area contributed by atoms with E-state index >= 15 is 0 Å². The zero-order valence-electron chi connectivity index (χ0n) is 5.40. The Morgan fingerprint density at radius 2 is 1.89 bits per heavy atom. The van der Waals surface area contributed by atoms with Crippen molar-refractivity contribution in [3.8, 4) is 10.5 Å². The van der Waals surface area contributed by atoms with Crippen LogP contribution in [0, 0.1) is 10.5 Å². The quantitative estimate of drug-likeness (QED) is 0.379. The molecule has 0 aromatic rings. The van der Waals surface area contributed by atoms with Crippen LogP contribution < -0.4 is 0 Å². The summed E-state index contributed by atoms with van der Waals surface area (Å²) in [5.41, 5.74) is 0. The van der Waals surface area contributed by atoms with Crippen LogP contribution >= 0.6 is 9.07 Å². The van der Waals surface area contributed by atoms with E-state index in [1.54, 1.807) is 0 Å². The van der Waals surface area contributed by atoms with E-state index in [-0.39, 0.29) is 0 Å². The summed E-state index contributed by atoms with van der Waals surface area (Å²) in [6.07, 6.45) is 7.26.